The first-order valence-corrected chi connectivity index (χ1v) is 12.2. The maximum Gasteiger partial charge on any atom is 0.261 e. The molecule has 0 spiro atoms. The molecule has 0 saturated carbocycles. The van der Waals surface area contributed by atoms with Crippen molar-refractivity contribution < 1.29 is 13.2 Å². The summed E-state index contributed by atoms with van der Waals surface area (Å²) in [7, 11) is -3.46. The van der Waals surface area contributed by atoms with Crippen molar-refractivity contribution in [1.82, 2.24) is 9.62 Å². The monoisotopic (exact) mass is 418 g/mol. The number of aryl methyl sites for hydroxylation is 3. The molecule has 0 bridgehead atoms. The van der Waals surface area contributed by atoms with Crippen LogP contribution in [0.3, 0.4) is 0 Å². The highest BCUT2D eigenvalue weighted by Gasteiger charge is 2.30. The summed E-state index contributed by atoms with van der Waals surface area (Å²) >= 11 is 1.62. The van der Waals surface area contributed by atoms with E-state index in [1.165, 1.54) is 27.6 Å². The highest BCUT2D eigenvalue weighted by atomic mass is 32.2. The Labute approximate surface area is 170 Å². The molecule has 0 atom stereocenters. The number of piperidine rings is 1. The van der Waals surface area contributed by atoms with Crippen LogP contribution in [0, 0.1) is 6.92 Å². The molecule has 150 valence electrons. The minimum atomic E-state index is -3.46. The van der Waals surface area contributed by atoms with Gasteiger partial charge in [-0.1, -0.05) is 17.7 Å². The van der Waals surface area contributed by atoms with Gasteiger partial charge in [-0.2, -0.15) is 4.31 Å². The molecule has 7 heteroatoms. The van der Waals surface area contributed by atoms with Gasteiger partial charge in [0.05, 0.1) is 9.77 Å². The van der Waals surface area contributed by atoms with E-state index in [-0.39, 0.29) is 11.9 Å². The molecule has 1 N–H and O–H groups in total. The number of carbonyl (C=O) groups excluding carboxylic acids is 1. The molecule has 4 rings (SSSR count). The molecule has 0 unspecified atom stereocenters. The molecule has 1 aliphatic heterocycles. The number of hydrogen-bond donors (Lipinski definition) is 1. The number of fused-ring (bicyclic) bond motifs is 1. The SMILES string of the molecule is Cc1ccc(S(=O)(=O)N2CCC(NC(=O)c3cc4c(s3)CCCC4)CC2)cc1. The normalized spacial score (nSPS) is 18.6. The van der Waals surface area contributed by atoms with Crippen molar-refractivity contribution in [2.45, 2.75) is 56.4 Å². The third kappa shape index (κ3) is 4.02. The first-order chi connectivity index (χ1) is 13.4. The summed E-state index contributed by atoms with van der Waals surface area (Å²) in [6, 6.07) is 9.04. The zero-order valence-electron chi connectivity index (χ0n) is 16.1. The van der Waals surface area contributed by atoms with E-state index >= 15 is 0 Å². The lowest BCUT2D eigenvalue weighted by Crippen LogP contribution is -2.46. The first-order valence-electron chi connectivity index (χ1n) is 9.93. The van der Waals surface area contributed by atoms with Gasteiger partial charge in [0.25, 0.3) is 5.91 Å². The maximum absolute atomic E-state index is 12.8. The van der Waals surface area contributed by atoms with E-state index in [0.29, 0.717) is 30.8 Å². The molecule has 1 aromatic heterocycles. The van der Waals surface area contributed by atoms with Crippen LogP contribution in [0.5, 0.6) is 0 Å². The second-order valence-corrected chi connectivity index (χ2v) is 10.8. The van der Waals surface area contributed by atoms with Gasteiger partial charge in [0.1, 0.15) is 0 Å². The topological polar surface area (TPSA) is 66.5 Å². The Hall–Kier alpha value is -1.70. The number of carbonyl (C=O) groups is 1. The molecule has 2 aliphatic rings. The molecule has 1 fully saturated rings. The van der Waals surface area contributed by atoms with Crippen LogP contribution in [0.2, 0.25) is 0 Å². The molecular formula is C21H26N2O3S2. The highest BCUT2D eigenvalue weighted by molar-refractivity contribution is 7.89. The lowest BCUT2D eigenvalue weighted by atomic mass is 9.99. The van der Waals surface area contributed by atoms with Crippen LogP contribution in [0.4, 0.5) is 0 Å². The number of rotatable bonds is 4. The maximum atomic E-state index is 12.8. The van der Waals surface area contributed by atoms with Gasteiger partial charge in [-0.05, 0) is 69.2 Å². The van der Waals surface area contributed by atoms with Crippen molar-refractivity contribution >= 4 is 27.3 Å². The van der Waals surface area contributed by atoms with Crippen LogP contribution >= 0.6 is 11.3 Å². The lowest BCUT2D eigenvalue weighted by Gasteiger charge is -2.31. The van der Waals surface area contributed by atoms with E-state index in [2.05, 4.69) is 5.32 Å². The predicted octanol–water partition coefficient (Wildman–Crippen LogP) is 3.52. The Balaban J connectivity index is 1.35. The van der Waals surface area contributed by atoms with Crippen molar-refractivity contribution in [2.24, 2.45) is 0 Å². The summed E-state index contributed by atoms with van der Waals surface area (Å²) in [6.07, 6.45) is 5.86. The van der Waals surface area contributed by atoms with Crippen molar-refractivity contribution in [2.75, 3.05) is 13.1 Å². The average Bonchev–Trinajstić information content (AvgIpc) is 3.13. The average molecular weight is 419 g/mol. The fraction of sp³-hybridized carbons (Fsp3) is 0.476. The Morgan fingerprint density at radius 3 is 2.46 bits per heavy atom. The smallest absolute Gasteiger partial charge is 0.261 e. The minimum Gasteiger partial charge on any atom is -0.349 e. The Morgan fingerprint density at radius 1 is 1.11 bits per heavy atom. The molecular weight excluding hydrogens is 392 g/mol. The molecule has 1 aliphatic carbocycles. The van der Waals surface area contributed by atoms with Crippen molar-refractivity contribution in [3.63, 3.8) is 0 Å². The number of thiophene rings is 1. The number of sulfonamides is 1. The van der Waals surface area contributed by atoms with Gasteiger partial charge in [-0.25, -0.2) is 8.42 Å². The van der Waals surface area contributed by atoms with E-state index in [1.54, 1.807) is 23.5 Å². The Bertz CT molecular complexity index is 933. The molecule has 28 heavy (non-hydrogen) atoms. The van der Waals surface area contributed by atoms with E-state index in [4.69, 9.17) is 0 Å². The van der Waals surface area contributed by atoms with Crippen LogP contribution in [0.25, 0.3) is 0 Å². The van der Waals surface area contributed by atoms with Crippen molar-refractivity contribution in [3.8, 4) is 0 Å². The van der Waals surface area contributed by atoms with Crippen LogP contribution < -0.4 is 5.32 Å². The third-order valence-corrected chi connectivity index (χ3v) is 8.82. The second-order valence-electron chi connectivity index (χ2n) is 7.73. The van der Waals surface area contributed by atoms with Crippen molar-refractivity contribution in [1.29, 1.82) is 0 Å². The summed E-state index contributed by atoms with van der Waals surface area (Å²) in [5.41, 5.74) is 2.37. The Morgan fingerprint density at radius 2 is 1.79 bits per heavy atom. The van der Waals surface area contributed by atoms with Crippen molar-refractivity contribution in [3.05, 3.63) is 51.2 Å². The standard InChI is InChI=1S/C21H26N2O3S2/c1-15-6-8-18(9-7-15)28(25,26)23-12-10-17(11-13-23)22-21(24)20-14-16-4-2-3-5-19(16)27-20/h6-9,14,17H,2-5,10-13H2,1H3,(H,22,24). The number of amides is 1. The minimum absolute atomic E-state index is 0.0146. The quantitative estimate of drug-likeness (QED) is 0.826. The molecule has 5 nitrogen and oxygen atoms in total. The van der Waals surface area contributed by atoms with Crippen LogP contribution in [-0.2, 0) is 22.9 Å². The largest absolute Gasteiger partial charge is 0.349 e. The predicted molar refractivity (Wildman–Crippen MR) is 111 cm³/mol. The molecule has 1 saturated heterocycles. The lowest BCUT2D eigenvalue weighted by molar-refractivity contribution is 0.0928. The summed E-state index contributed by atoms with van der Waals surface area (Å²) < 4.78 is 27.1. The number of nitrogens with one attached hydrogen (secondary N) is 1. The molecule has 1 aromatic carbocycles. The van der Waals surface area contributed by atoms with E-state index in [0.717, 1.165) is 23.3 Å². The number of hydrogen-bond acceptors (Lipinski definition) is 4. The molecule has 2 aromatic rings. The summed E-state index contributed by atoms with van der Waals surface area (Å²) in [6.45, 7) is 2.80. The van der Waals surface area contributed by atoms with Crippen LogP contribution in [-0.4, -0.2) is 37.8 Å². The van der Waals surface area contributed by atoms with Crippen LogP contribution in [0.15, 0.2) is 35.2 Å². The van der Waals surface area contributed by atoms with Gasteiger partial charge in [-0.3, -0.25) is 4.79 Å². The number of benzene rings is 1. The molecule has 2 heterocycles. The van der Waals surface area contributed by atoms with Gasteiger partial charge in [0, 0.05) is 24.0 Å². The Kier molecular flexibility index (Phi) is 5.58. The van der Waals surface area contributed by atoms with Gasteiger partial charge in [-0.15, -0.1) is 11.3 Å². The second kappa shape index (κ2) is 7.97. The summed E-state index contributed by atoms with van der Waals surface area (Å²) in [5, 5.41) is 3.11. The van der Waals surface area contributed by atoms with Crippen LogP contribution in [0.1, 0.15) is 51.4 Å². The van der Waals surface area contributed by atoms with Gasteiger partial charge >= 0.3 is 0 Å². The summed E-state index contributed by atoms with van der Waals surface area (Å²) in [4.78, 5) is 15.1. The highest BCUT2D eigenvalue weighted by Crippen LogP contribution is 2.30. The zero-order chi connectivity index (χ0) is 19.7. The van der Waals surface area contributed by atoms with Gasteiger partial charge in [0.2, 0.25) is 10.0 Å². The van der Waals surface area contributed by atoms with E-state index < -0.39 is 10.0 Å². The first kappa shape index (κ1) is 19.6. The van der Waals surface area contributed by atoms with Gasteiger partial charge in [0.15, 0.2) is 0 Å². The number of nitrogens with zero attached hydrogens (tertiary/aromatic N) is 1. The van der Waals surface area contributed by atoms with E-state index in [9.17, 15) is 13.2 Å². The fourth-order valence-corrected chi connectivity index (χ4v) is 6.59. The summed E-state index contributed by atoms with van der Waals surface area (Å²) in [5.74, 6) is -0.0146. The molecule has 1 amide bonds. The van der Waals surface area contributed by atoms with Gasteiger partial charge < -0.3 is 5.32 Å². The fourth-order valence-electron chi connectivity index (χ4n) is 3.96. The molecule has 0 radical (unpaired) electrons. The zero-order valence-corrected chi connectivity index (χ0v) is 17.7. The van der Waals surface area contributed by atoms with E-state index in [1.807, 2.05) is 25.1 Å². The third-order valence-electron chi connectivity index (χ3n) is 5.67.